The van der Waals surface area contributed by atoms with Crippen molar-refractivity contribution in [3.63, 3.8) is 0 Å². The van der Waals surface area contributed by atoms with Gasteiger partial charge in [-0.25, -0.2) is 0 Å². The first-order valence-electron chi connectivity index (χ1n) is 6.89. The molecule has 1 aliphatic rings. The van der Waals surface area contributed by atoms with E-state index >= 15 is 0 Å². The minimum Gasteiger partial charge on any atom is -0.338 e. The standard InChI is InChI=1S/C17H20N2/c1-12-11-15-5-3-4-6-17(15)19(12)16-9-7-14(8-10-16)13(2)18/h3-10,12-13H,11,18H2,1-2H3/t12?,13-/m0/s1. The van der Waals surface area contributed by atoms with Crippen molar-refractivity contribution in [2.24, 2.45) is 5.73 Å². The van der Waals surface area contributed by atoms with Crippen LogP contribution in [-0.4, -0.2) is 6.04 Å². The second-order valence-electron chi connectivity index (χ2n) is 5.43. The number of fused-ring (bicyclic) bond motifs is 1. The Balaban J connectivity index is 1.98. The van der Waals surface area contributed by atoms with E-state index < -0.39 is 0 Å². The molecule has 0 bridgehead atoms. The van der Waals surface area contributed by atoms with Gasteiger partial charge in [-0.15, -0.1) is 0 Å². The molecule has 98 valence electrons. The summed E-state index contributed by atoms with van der Waals surface area (Å²) in [5, 5.41) is 0. The van der Waals surface area contributed by atoms with Gasteiger partial charge in [0.2, 0.25) is 0 Å². The molecule has 0 fully saturated rings. The molecule has 2 heteroatoms. The highest BCUT2D eigenvalue weighted by atomic mass is 15.2. The van der Waals surface area contributed by atoms with Gasteiger partial charge in [0, 0.05) is 23.5 Å². The SMILES string of the molecule is CC1Cc2ccccc2N1c1ccc([C@H](C)N)cc1. The molecule has 0 radical (unpaired) electrons. The second kappa shape index (κ2) is 4.71. The maximum Gasteiger partial charge on any atom is 0.0446 e. The van der Waals surface area contributed by atoms with Crippen LogP contribution in [0, 0.1) is 0 Å². The predicted molar refractivity (Wildman–Crippen MR) is 80.8 cm³/mol. The van der Waals surface area contributed by atoms with Crippen LogP contribution < -0.4 is 10.6 Å². The summed E-state index contributed by atoms with van der Waals surface area (Å²) in [5.74, 6) is 0. The maximum atomic E-state index is 5.91. The highest BCUT2D eigenvalue weighted by Gasteiger charge is 2.26. The lowest BCUT2D eigenvalue weighted by atomic mass is 10.1. The first kappa shape index (κ1) is 12.2. The largest absolute Gasteiger partial charge is 0.338 e. The van der Waals surface area contributed by atoms with Crippen LogP contribution >= 0.6 is 0 Å². The van der Waals surface area contributed by atoms with Gasteiger partial charge in [-0.1, -0.05) is 30.3 Å². The summed E-state index contributed by atoms with van der Waals surface area (Å²) >= 11 is 0. The monoisotopic (exact) mass is 252 g/mol. The molecular formula is C17H20N2. The fourth-order valence-corrected chi connectivity index (χ4v) is 2.90. The van der Waals surface area contributed by atoms with E-state index in [1.807, 2.05) is 6.92 Å². The summed E-state index contributed by atoms with van der Waals surface area (Å²) in [5.41, 5.74) is 11.1. The molecule has 0 saturated carbocycles. The van der Waals surface area contributed by atoms with Gasteiger partial charge in [0.25, 0.3) is 0 Å². The number of hydrogen-bond acceptors (Lipinski definition) is 2. The third-order valence-corrected chi connectivity index (χ3v) is 3.90. The average Bonchev–Trinajstić information content (AvgIpc) is 2.74. The molecule has 19 heavy (non-hydrogen) atoms. The number of anilines is 2. The van der Waals surface area contributed by atoms with Crippen LogP contribution in [-0.2, 0) is 6.42 Å². The summed E-state index contributed by atoms with van der Waals surface area (Å²) in [6, 6.07) is 17.9. The van der Waals surface area contributed by atoms with E-state index in [4.69, 9.17) is 5.73 Å². The Kier molecular flexibility index (Phi) is 3.03. The molecule has 2 aromatic carbocycles. The molecule has 2 nitrogen and oxygen atoms in total. The smallest absolute Gasteiger partial charge is 0.0446 e. The van der Waals surface area contributed by atoms with E-state index in [0.717, 1.165) is 6.42 Å². The molecular weight excluding hydrogens is 232 g/mol. The zero-order valence-electron chi connectivity index (χ0n) is 11.5. The van der Waals surface area contributed by atoms with Crippen molar-refractivity contribution in [1.29, 1.82) is 0 Å². The zero-order valence-corrected chi connectivity index (χ0v) is 11.5. The minimum absolute atomic E-state index is 0.0948. The van der Waals surface area contributed by atoms with Crippen LogP contribution in [0.25, 0.3) is 0 Å². The molecule has 0 aliphatic carbocycles. The number of rotatable bonds is 2. The molecule has 1 unspecified atom stereocenters. The van der Waals surface area contributed by atoms with Crippen molar-refractivity contribution in [3.8, 4) is 0 Å². The molecule has 0 saturated heterocycles. The van der Waals surface area contributed by atoms with Crippen molar-refractivity contribution in [2.75, 3.05) is 4.90 Å². The lowest BCUT2D eigenvalue weighted by Gasteiger charge is -2.25. The van der Waals surface area contributed by atoms with Crippen LogP contribution in [0.5, 0.6) is 0 Å². The second-order valence-corrected chi connectivity index (χ2v) is 5.43. The van der Waals surface area contributed by atoms with E-state index in [1.54, 1.807) is 0 Å². The van der Waals surface area contributed by atoms with Crippen molar-refractivity contribution < 1.29 is 0 Å². The highest BCUT2D eigenvalue weighted by Crippen LogP contribution is 2.38. The highest BCUT2D eigenvalue weighted by molar-refractivity contribution is 5.71. The lowest BCUT2D eigenvalue weighted by Crippen LogP contribution is -2.23. The normalized spacial score (nSPS) is 19.3. The fraction of sp³-hybridized carbons (Fsp3) is 0.294. The summed E-state index contributed by atoms with van der Waals surface area (Å²) < 4.78 is 0. The summed E-state index contributed by atoms with van der Waals surface area (Å²) in [7, 11) is 0. The first-order chi connectivity index (χ1) is 9.16. The number of hydrogen-bond donors (Lipinski definition) is 1. The topological polar surface area (TPSA) is 29.3 Å². The van der Waals surface area contributed by atoms with Crippen LogP contribution in [0.1, 0.15) is 31.0 Å². The molecule has 2 N–H and O–H groups in total. The first-order valence-corrected chi connectivity index (χ1v) is 6.89. The van der Waals surface area contributed by atoms with Gasteiger partial charge < -0.3 is 10.6 Å². The minimum atomic E-state index is 0.0948. The Morgan fingerprint density at radius 1 is 1.11 bits per heavy atom. The van der Waals surface area contributed by atoms with Gasteiger partial charge in [0.05, 0.1) is 0 Å². The Hall–Kier alpha value is -1.80. The van der Waals surface area contributed by atoms with Gasteiger partial charge in [-0.3, -0.25) is 0 Å². The quantitative estimate of drug-likeness (QED) is 0.881. The van der Waals surface area contributed by atoms with Crippen molar-refractivity contribution >= 4 is 11.4 Å². The van der Waals surface area contributed by atoms with Crippen molar-refractivity contribution in [3.05, 3.63) is 59.7 Å². The van der Waals surface area contributed by atoms with E-state index in [-0.39, 0.29) is 6.04 Å². The summed E-state index contributed by atoms with van der Waals surface area (Å²) in [6.45, 7) is 4.29. The summed E-state index contributed by atoms with van der Waals surface area (Å²) in [6.07, 6.45) is 1.12. The molecule has 1 heterocycles. The Morgan fingerprint density at radius 2 is 1.79 bits per heavy atom. The zero-order chi connectivity index (χ0) is 13.4. The number of para-hydroxylation sites is 1. The molecule has 0 aromatic heterocycles. The molecule has 0 spiro atoms. The number of benzene rings is 2. The van der Waals surface area contributed by atoms with Gasteiger partial charge >= 0.3 is 0 Å². The van der Waals surface area contributed by atoms with Gasteiger partial charge in [0.1, 0.15) is 0 Å². The van der Waals surface area contributed by atoms with Crippen LogP contribution in [0.15, 0.2) is 48.5 Å². The van der Waals surface area contributed by atoms with Crippen LogP contribution in [0.3, 0.4) is 0 Å². The van der Waals surface area contributed by atoms with E-state index in [9.17, 15) is 0 Å². The Morgan fingerprint density at radius 3 is 2.47 bits per heavy atom. The molecule has 2 atom stereocenters. The average molecular weight is 252 g/mol. The van der Waals surface area contributed by atoms with Gasteiger partial charge in [-0.05, 0) is 49.6 Å². The van der Waals surface area contributed by atoms with E-state index in [1.165, 1.54) is 22.5 Å². The third kappa shape index (κ3) is 2.13. The Labute approximate surface area is 114 Å². The lowest BCUT2D eigenvalue weighted by molar-refractivity contribution is 0.758. The Bertz CT molecular complexity index is 572. The van der Waals surface area contributed by atoms with Crippen LogP contribution in [0.4, 0.5) is 11.4 Å². The van der Waals surface area contributed by atoms with Crippen LogP contribution in [0.2, 0.25) is 0 Å². The van der Waals surface area contributed by atoms with Crippen molar-refractivity contribution in [1.82, 2.24) is 0 Å². The van der Waals surface area contributed by atoms with Gasteiger partial charge in [0.15, 0.2) is 0 Å². The molecule has 2 aromatic rings. The van der Waals surface area contributed by atoms with E-state index in [0.29, 0.717) is 6.04 Å². The maximum absolute atomic E-state index is 5.91. The number of nitrogens with two attached hydrogens (primary N) is 1. The molecule has 3 rings (SSSR count). The third-order valence-electron chi connectivity index (χ3n) is 3.90. The predicted octanol–water partition coefficient (Wildman–Crippen LogP) is 3.79. The molecule has 0 amide bonds. The van der Waals surface area contributed by atoms with Crippen molar-refractivity contribution in [2.45, 2.75) is 32.4 Å². The summed E-state index contributed by atoms with van der Waals surface area (Å²) in [4.78, 5) is 2.42. The van der Waals surface area contributed by atoms with E-state index in [2.05, 4.69) is 60.4 Å². The van der Waals surface area contributed by atoms with Gasteiger partial charge in [-0.2, -0.15) is 0 Å². The fourth-order valence-electron chi connectivity index (χ4n) is 2.90. The molecule has 1 aliphatic heterocycles. The number of nitrogens with zero attached hydrogens (tertiary/aromatic N) is 1.